The molecule has 0 bridgehead atoms. The number of rotatable bonds is 5. The number of nitrogens with zero attached hydrogens (tertiary/aromatic N) is 2. The summed E-state index contributed by atoms with van der Waals surface area (Å²) in [6.07, 6.45) is 6.82. The van der Waals surface area contributed by atoms with Gasteiger partial charge in [-0.1, -0.05) is 6.08 Å². The summed E-state index contributed by atoms with van der Waals surface area (Å²) >= 11 is 0. The molecular formula is C9H16N2O7S2. The molecule has 0 saturated heterocycles. The third-order valence-corrected chi connectivity index (χ3v) is 3.47. The van der Waals surface area contributed by atoms with Crippen molar-refractivity contribution in [3.05, 3.63) is 31.4 Å². The molecule has 0 aliphatic heterocycles. The fourth-order valence-corrected chi connectivity index (χ4v) is 1.71. The number of hydrogen-bond acceptors (Lipinski definition) is 5. The summed E-state index contributed by atoms with van der Waals surface area (Å²) in [5.74, 6) is 0. The summed E-state index contributed by atoms with van der Waals surface area (Å²) < 4.78 is 63.9. The van der Waals surface area contributed by atoms with Crippen molar-refractivity contribution in [2.75, 3.05) is 0 Å². The maximum absolute atomic E-state index is 10.8. The molecule has 0 fully saturated rings. The first-order chi connectivity index (χ1) is 8.95. The third kappa shape index (κ3) is 8.77. The van der Waals surface area contributed by atoms with Crippen molar-refractivity contribution in [2.45, 2.75) is 24.6 Å². The van der Waals surface area contributed by atoms with E-state index >= 15 is 0 Å². The molecule has 0 aromatic carbocycles. The van der Waals surface area contributed by atoms with Crippen molar-refractivity contribution in [1.29, 1.82) is 0 Å². The minimum absolute atomic E-state index is 0.176. The lowest BCUT2D eigenvalue weighted by molar-refractivity contribution is 0.381. The highest BCUT2D eigenvalue weighted by atomic mass is 32.3. The zero-order valence-electron chi connectivity index (χ0n) is 10.6. The van der Waals surface area contributed by atoms with Crippen LogP contribution in [0.1, 0.15) is 19.4 Å². The first-order valence-corrected chi connectivity index (χ1v) is 8.11. The summed E-state index contributed by atoms with van der Waals surface area (Å²) in [6, 6.07) is -0.176. The van der Waals surface area contributed by atoms with Crippen molar-refractivity contribution in [2.24, 2.45) is 0 Å². The quantitative estimate of drug-likeness (QED) is 0.526. The smallest absolute Gasteiger partial charge is 0.331 e. The zero-order valence-corrected chi connectivity index (χ0v) is 12.2. The van der Waals surface area contributed by atoms with Crippen LogP contribution in [0.25, 0.3) is 0 Å². The highest BCUT2D eigenvalue weighted by Crippen LogP contribution is 2.18. The molecule has 0 amide bonds. The summed E-state index contributed by atoms with van der Waals surface area (Å²) in [5, 5.41) is -0.817. The Morgan fingerprint density at radius 2 is 1.80 bits per heavy atom. The highest BCUT2D eigenvalue weighted by Gasteiger charge is 2.21. The van der Waals surface area contributed by atoms with E-state index in [2.05, 4.69) is 11.6 Å². The Morgan fingerprint density at radius 3 is 2.10 bits per heavy atom. The average Bonchev–Trinajstić information content (AvgIpc) is 2.74. The van der Waals surface area contributed by atoms with Gasteiger partial charge in [0.05, 0.1) is 17.6 Å². The van der Waals surface area contributed by atoms with E-state index in [0.29, 0.717) is 0 Å². The van der Waals surface area contributed by atoms with Crippen LogP contribution < -0.4 is 0 Å². The van der Waals surface area contributed by atoms with Crippen molar-refractivity contribution in [1.82, 2.24) is 9.55 Å². The molecule has 1 rings (SSSR count). The number of hydrogen-bond donors (Lipinski definition) is 3. The average molecular weight is 328 g/mol. The standard InChI is InChI=1S/C9H14N2O3S.H2O4S/c1-3-9(11-5-4-10-7-11)6-8(2)15(12,13)14;1-5(2,3)4/h3-5,7-9H,1,6H2,2H3,(H,12,13,14);(H2,1,2,3,4). The second-order valence-corrected chi connectivity index (χ2v) is 6.55. The molecule has 1 heterocycles. The third-order valence-electron chi connectivity index (χ3n) is 2.26. The van der Waals surface area contributed by atoms with Crippen LogP contribution in [0.5, 0.6) is 0 Å². The van der Waals surface area contributed by atoms with Crippen LogP contribution in [-0.2, 0) is 20.5 Å². The Hall–Kier alpha value is -1.27. The van der Waals surface area contributed by atoms with Gasteiger partial charge in [-0.25, -0.2) is 4.98 Å². The van der Waals surface area contributed by atoms with Gasteiger partial charge in [0.15, 0.2) is 0 Å². The van der Waals surface area contributed by atoms with Crippen LogP contribution in [0.15, 0.2) is 31.4 Å². The van der Waals surface area contributed by atoms with Gasteiger partial charge >= 0.3 is 10.4 Å². The van der Waals surface area contributed by atoms with E-state index in [1.807, 2.05) is 0 Å². The highest BCUT2D eigenvalue weighted by molar-refractivity contribution is 7.86. The Morgan fingerprint density at radius 1 is 1.30 bits per heavy atom. The lowest BCUT2D eigenvalue weighted by atomic mass is 10.1. The van der Waals surface area contributed by atoms with Gasteiger partial charge in [0.2, 0.25) is 0 Å². The van der Waals surface area contributed by atoms with Crippen LogP contribution in [0.4, 0.5) is 0 Å². The fraction of sp³-hybridized carbons (Fsp3) is 0.444. The van der Waals surface area contributed by atoms with Crippen LogP contribution >= 0.6 is 0 Å². The second-order valence-electron chi connectivity index (χ2n) is 3.82. The molecule has 0 spiro atoms. The molecule has 0 saturated carbocycles. The van der Waals surface area contributed by atoms with Gasteiger partial charge in [0.1, 0.15) is 0 Å². The number of aromatic nitrogens is 2. The minimum Gasteiger partial charge on any atom is -0.331 e. The van der Waals surface area contributed by atoms with Crippen molar-refractivity contribution in [3.63, 3.8) is 0 Å². The Labute approximate surface area is 117 Å². The maximum atomic E-state index is 10.8. The van der Waals surface area contributed by atoms with E-state index in [0.717, 1.165) is 0 Å². The monoisotopic (exact) mass is 328 g/mol. The van der Waals surface area contributed by atoms with Gasteiger partial charge in [-0.2, -0.15) is 16.8 Å². The van der Waals surface area contributed by atoms with Gasteiger partial charge in [-0.05, 0) is 13.3 Å². The molecule has 3 N–H and O–H groups in total. The number of imidazole rings is 1. The molecule has 0 aliphatic carbocycles. The maximum Gasteiger partial charge on any atom is 0.394 e. The predicted molar refractivity (Wildman–Crippen MR) is 71.3 cm³/mol. The first kappa shape index (κ1) is 18.7. The van der Waals surface area contributed by atoms with E-state index in [-0.39, 0.29) is 12.5 Å². The normalized spacial score (nSPS) is 14.8. The molecule has 116 valence electrons. The van der Waals surface area contributed by atoms with E-state index in [1.165, 1.54) is 6.92 Å². The largest absolute Gasteiger partial charge is 0.394 e. The Balaban J connectivity index is 0.000000621. The van der Waals surface area contributed by atoms with Crippen molar-refractivity contribution in [3.8, 4) is 0 Å². The summed E-state index contributed by atoms with van der Waals surface area (Å²) in [5.41, 5.74) is 0. The fourth-order valence-electron chi connectivity index (χ4n) is 1.27. The topological polar surface area (TPSA) is 147 Å². The molecule has 9 nitrogen and oxygen atoms in total. The van der Waals surface area contributed by atoms with Crippen LogP contribution in [0.3, 0.4) is 0 Å². The molecule has 2 atom stereocenters. The second kappa shape index (κ2) is 7.50. The van der Waals surface area contributed by atoms with Crippen molar-refractivity contribution < 1.29 is 30.5 Å². The molecule has 1 aromatic heterocycles. The SMILES string of the molecule is C=CC(CC(C)S(=O)(=O)O)n1ccnc1.O=S(=O)(O)O. The number of allylic oxidation sites excluding steroid dienone is 1. The van der Waals surface area contributed by atoms with Crippen molar-refractivity contribution >= 4 is 20.5 Å². The molecule has 2 unspecified atom stereocenters. The predicted octanol–water partition coefficient (Wildman–Crippen LogP) is 0.624. The van der Waals surface area contributed by atoms with Gasteiger partial charge in [-0.15, -0.1) is 6.58 Å². The van der Waals surface area contributed by atoms with E-state index < -0.39 is 25.8 Å². The summed E-state index contributed by atoms with van der Waals surface area (Å²) in [6.45, 7) is 5.09. The molecule has 11 heteroatoms. The van der Waals surface area contributed by atoms with Crippen LogP contribution in [0.2, 0.25) is 0 Å². The summed E-state index contributed by atoms with van der Waals surface area (Å²) in [4.78, 5) is 3.86. The zero-order chi connectivity index (χ0) is 16.0. The lowest BCUT2D eigenvalue weighted by Crippen LogP contribution is -2.21. The lowest BCUT2D eigenvalue weighted by Gasteiger charge is -2.16. The molecule has 20 heavy (non-hydrogen) atoms. The Bertz CT molecular complexity index is 599. The molecule has 0 radical (unpaired) electrons. The molecule has 0 aliphatic rings. The first-order valence-electron chi connectivity index (χ1n) is 5.21. The van der Waals surface area contributed by atoms with Crippen LogP contribution in [0, 0.1) is 0 Å². The van der Waals surface area contributed by atoms with E-state index in [1.54, 1.807) is 29.4 Å². The van der Waals surface area contributed by atoms with Gasteiger partial charge in [0, 0.05) is 12.4 Å². The minimum atomic E-state index is -4.67. The summed E-state index contributed by atoms with van der Waals surface area (Å²) in [7, 11) is -8.65. The molecule has 1 aromatic rings. The van der Waals surface area contributed by atoms with Gasteiger partial charge in [0.25, 0.3) is 10.1 Å². The van der Waals surface area contributed by atoms with Gasteiger partial charge < -0.3 is 4.57 Å². The molecular weight excluding hydrogens is 312 g/mol. The van der Waals surface area contributed by atoms with Crippen LogP contribution in [-0.4, -0.2) is 45.3 Å². The van der Waals surface area contributed by atoms with E-state index in [9.17, 15) is 8.42 Å². The Kier molecular flexibility index (Phi) is 7.02. The van der Waals surface area contributed by atoms with E-state index in [4.69, 9.17) is 22.1 Å². The van der Waals surface area contributed by atoms with Gasteiger partial charge in [-0.3, -0.25) is 13.7 Å².